The van der Waals surface area contributed by atoms with Crippen molar-refractivity contribution in [3.05, 3.63) is 57.9 Å². The molecule has 6 heteroatoms. The molecule has 4 rings (SSSR count). The van der Waals surface area contributed by atoms with Gasteiger partial charge in [-0.1, -0.05) is 18.2 Å². The fourth-order valence-electron chi connectivity index (χ4n) is 3.68. The van der Waals surface area contributed by atoms with Crippen LogP contribution in [0.2, 0.25) is 0 Å². The van der Waals surface area contributed by atoms with E-state index in [0.29, 0.717) is 5.92 Å². The van der Waals surface area contributed by atoms with Crippen molar-refractivity contribution in [2.45, 2.75) is 26.2 Å². The van der Waals surface area contributed by atoms with Crippen molar-refractivity contribution in [3.63, 3.8) is 0 Å². The smallest absolute Gasteiger partial charge is 0.265 e. The number of benzene rings is 1. The molecule has 3 heterocycles. The van der Waals surface area contributed by atoms with Crippen LogP contribution in [-0.4, -0.2) is 36.0 Å². The second-order valence-corrected chi connectivity index (χ2v) is 9.15. The van der Waals surface area contributed by atoms with Gasteiger partial charge in [-0.2, -0.15) is 0 Å². The number of carbonyl (C=O) groups is 1. The second kappa shape index (κ2) is 8.45. The Morgan fingerprint density at radius 2 is 1.96 bits per heavy atom. The Kier molecular flexibility index (Phi) is 5.78. The lowest BCUT2D eigenvalue weighted by Gasteiger charge is -2.32. The first-order valence-corrected chi connectivity index (χ1v) is 11.3. The first-order chi connectivity index (χ1) is 13.6. The lowest BCUT2D eigenvalue weighted by Crippen LogP contribution is -2.38. The SMILES string of the molecule is COc1ccc(CC2CCN(C(=O)c3sc(-c4cccs4)nc3C)CC2)cc1. The van der Waals surface area contributed by atoms with Crippen LogP contribution in [0.25, 0.3) is 9.88 Å². The number of rotatable bonds is 5. The Morgan fingerprint density at radius 3 is 2.61 bits per heavy atom. The minimum atomic E-state index is 0.140. The lowest BCUT2D eigenvalue weighted by molar-refractivity contribution is 0.0694. The fraction of sp³-hybridized carbons (Fsp3) is 0.364. The maximum atomic E-state index is 13.0. The summed E-state index contributed by atoms with van der Waals surface area (Å²) in [5.74, 6) is 1.66. The highest BCUT2D eigenvalue weighted by atomic mass is 32.1. The normalized spacial score (nSPS) is 15.0. The Balaban J connectivity index is 1.36. The van der Waals surface area contributed by atoms with Gasteiger partial charge in [-0.05, 0) is 61.2 Å². The van der Waals surface area contributed by atoms with Gasteiger partial charge in [0, 0.05) is 13.1 Å². The molecule has 1 aliphatic heterocycles. The van der Waals surface area contributed by atoms with E-state index in [4.69, 9.17) is 4.74 Å². The van der Waals surface area contributed by atoms with E-state index in [1.807, 2.05) is 35.4 Å². The van der Waals surface area contributed by atoms with Gasteiger partial charge in [0.15, 0.2) is 0 Å². The van der Waals surface area contributed by atoms with Crippen LogP contribution in [0.5, 0.6) is 5.75 Å². The molecule has 0 spiro atoms. The van der Waals surface area contributed by atoms with Gasteiger partial charge in [-0.15, -0.1) is 22.7 Å². The summed E-state index contributed by atoms with van der Waals surface area (Å²) in [6, 6.07) is 12.4. The Bertz CT molecular complexity index is 924. The maximum Gasteiger partial charge on any atom is 0.265 e. The zero-order valence-electron chi connectivity index (χ0n) is 16.2. The van der Waals surface area contributed by atoms with E-state index in [2.05, 4.69) is 23.2 Å². The van der Waals surface area contributed by atoms with Crippen molar-refractivity contribution in [1.82, 2.24) is 9.88 Å². The number of nitrogens with zero attached hydrogens (tertiary/aromatic N) is 2. The van der Waals surface area contributed by atoms with E-state index >= 15 is 0 Å². The highest BCUT2D eigenvalue weighted by Gasteiger charge is 2.26. The zero-order valence-corrected chi connectivity index (χ0v) is 17.8. The average Bonchev–Trinajstić information content (AvgIpc) is 3.38. The van der Waals surface area contributed by atoms with Gasteiger partial charge in [-0.3, -0.25) is 4.79 Å². The average molecular weight is 413 g/mol. The molecule has 4 nitrogen and oxygen atoms in total. The molecule has 0 N–H and O–H groups in total. The number of methoxy groups -OCH3 is 1. The number of hydrogen-bond donors (Lipinski definition) is 0. The van der Waals surface area contributed by atoms with Gasteiger partial charge >= 0.3 is 0 Å². The van der Waals surface area contributed by atoms with Gasteiger partial charge in [0.2, 0.25) is 0 Å². The summed E-state index contributed by atoms with van der Waals surface area (Å²) in [6.07, 6.45) is 3.16. The van der Waals surface area contributed by atoms with Crippen molar-refractivity contribution in [3.8, 4) is 15.6 Å². The number of piperidine rings is 1. The first-order valence-electron chi connectivity index (χ1n) is 9.57. The number of ether oxygens (including phenoxy) is 1. The third-order valence-corrected chi connectivity index (χ3v) is 7.49. The van der Waals surface area contributed by atoms with E-state index < -0.39 is 0 Å². The van der Waals surface area contributed by atoms with Gasteiger partial charge in [-0.25, -0.2) is 4.98 Å². The highest BCUT2D eigenvalue weighted by molar-refractivity contribution is 7.22. The largest absolute Gasteiger partial charge is 0.497 e. The molecule has 1 aromatic carbocycles. The summed E-state index contributed by atoms with van der Waals surface area (Å²) >= 11 is 3.19. The molecule has 0 atom stereocenters. The van der Waals surface area contributed by atoms with Crippen LogP contribution in [0.15, 0.2) is 41.8 Å². The second-order valence-electron chi connectivity index (χ2n) is 7.20. The van der Waals surface area contributed by atoms with E-state index in [-0.39, 0.29) is 5.91 Å². The third-order valence-electron chi connectivity index (χ3n) is 5.31. The third kappa shape index (κ3) is 4.13. The molecule has 0 unspecified atom stereocenters. The molecule has 1 fully saturated rings. The molecule has 3 aromatic rings. The molecule has 0 aliphatic carbocycles. The number of aryl methyl sites for hydroxylation is 1. The number of carbonyl (C=O) groups excluding carboxylic acids is 1. The van der Waals surface area contributed by atoms with Crippen LogP contribution in [0.3, 0.4) is 0 Å². The van der Waals surface area contributed by atoms with Crippen LogP contribution in [0, 0.1) is 12.8 Å². The molecule has 0 bridgehead atoms. The van der Waals surface area contributed by atoms with Gasteiger partial charge < -0.3 is 9.64 Å². The summed E-state index contributed by atoms with van der Waals surface area (Å²) in [5.41, 5.74) is 2.18. The van der Waals surface area contributed by atoms with Crippen LogP contribution in [-0.2, 0) is 6.42 Å². The Labute approximate surface area is 173 Å². The summed E-state index contributed by atoms with van der Waals surface area (Å²) < 4.78 is 5.23. The van der Waals surface area contributed by atoms with Crippen molar-refractivity contribution >= 4 is 28.6 Å². The molecule has 0 radical (unpaired) electrons. The van der Waals surface area contributed by atoms with E-state index in [1.165, 1.54) is 16.9 Å². The topological polar surface area (TPSA) is 42.4 Å². The maximum absolute atomic E-state index is 13.0. The fourth-order valence-corrected chi connectivity index (χ4v) is 5.51. The minimum Gasteiger partial charge on any atom is -0.497 e. The number of thiazole rings is 1. The molecule has 0 saturated carbocycles. The van der Waals surface area contributed by atoms with Crippen molar-refractivity contribution in [2.24, 2.45) is 5.92 Å². The summed E-state index contributed by atoms with van der Waals surface area (Å²) in [7, 11) is 1.69. The molecule has 146 valence electrons. The van der Waals surface area contributed by atoms with E-state index in [0.717, 1.165) is 58.6 Å². The Hall–Kier alpha value is -2.18. The zero-order chi connectivity index (χ0) is 19.5. The van der Waals surface area contributed by atoms with Crippen molar-refractivity contribution < 1.29 is 9.53 Å². The predicted molar refractivity (Wildman–Crippen MR) is 115 cm³/mol. The van der Waals surface area contributed by atoms with Crippen LogP contribution in [0.4, 0.5) is 0 Å². The van der Waals surface area contributed by atoms with Crippen LogP contribution in [0.1, 0.15) is 33.8 Å². The standard InChI is InChI=1S/C22H24N2O2S2/c1-15-20(28-21(23-15)19-4-3-13-27-19)22(25)24-11-9-17(10-12-24)14-16-5-7-18(26-2)8-6-16/h3-8,13,17H,9-12,14H2,1-2H3. The van der Waals surface area contributed by atoms with Gasteiger partial charge in [0.25, 0.3) is 5.91 Å². The molecular weight excluding hydrogens is 388 g/mol. The number of thiophene rings is 1. The minimum absolute atomic E-state index is 0.140. The highest BCUT2D eigenvalue weighted by Crippen LogP contribution is 2.32. The predicted octanol–water partition coefficient (Wildman–Crippen LogP) is 5.28. The molecular formula is C22H24N2O2S2. The van der Waals surface area contributed by atoms with Crippen LogP contribution >= 0.6 is 22.7 Å². The van der Waals surface area contributed by atoms with Gasteiger partial charge in [0.1, 0.15) is 15.6 Å². The Morgan fingerprint density at radius 1 is 1.21 bits per heavy atom. The molecule has 1 saturated heterocycles. The van der Waals surface area contributed by atoms with Crippen molar-refractivity contribution in [2.75, 3.05) is 20.2 Å². The number of aromatic nitrogens is 1. The number of hydrogen-bond acceptors (Lipinski definition) is 5. The molecule has 28 heavy (non-hydrogen) atoms. The van der Waals surface area contributed by atoms with E-state index in [1.54, 1.807) is 18.4 Å². The van der Waals surface area contributed by atoms with Gasteiger partial charge in [0.05, 0.1) is 17.7 Å². The van der Waals surface area contributed by atoms with Crippen LogP contribution < -0.4 is 4.74 Å². The number of likely N-dealkylation sites (tertiary alicyclic amines) is 1. The quantitative estimate of drug-likeness (QED) is 0.572. The van der Waals surface area contributed by atoms with Crippen molar-refractivity contribution in [1.29, 1.82) is 0 Å². The van der Waals surface area contributed by atoms with E-state index in [9.17, 15) is 4.79 Å². The number of amides is 1. The molecule has 1 amide bonds. The first kappa shape index (κ1) is 19.2. The lowest BCUT2D eigenvalue weighted by atomic mass is 9.90. The monoisotopic (exact) mass is 412 g/mol. The molecule has 1 aliphatic rings. The molecule has 2 aromatic heterocycles. The summed E-state index contributed by atoms with van der Waals surface area (Å²) in [5, 5.41) is 2.99. The summed E-state index contributed by atoms with van der Waals surface area (Å²) in [4.78, 5) is 21.6. The summed E-state index contributed by atoms with van der Waals surface area (Å²) in [6.45, 7) is 3.59.